The van der Waals surface area contributed by atoms with Gasteiger partial charge in [0.15, 0.2) is 0 Å². The summed E-state index contributed by atoms with van der Waals surface area (Å²) in [4.78, 5) is 4.99. The number of nitrogens with two attached hydrogens (primary N) is 1. The molecule has 15 heavy (non-hydrogen) atoms. The molecule has 0 aromatic rings. The van der Waals surface area contributed by atoms with E-state index in [9.17, 15) is 0 Å². The molecule has 3 nitrogen and oxygen atoms in total. The van der Waals surface area contributed by atoms with E-state index >= 15 is 0 Å². The van der Waals surface area contributed by atoms with Crippen LogP contribution in [0, 0.1) is 5.92 Å². The minimum absolute atomic E-state index is 0.299. The molecule has 0 spiro atoms. The SMILES string of the molecule is CC(N)C(C)CN1CCN(C)C(C)(C)C1. The van der Waals surface area contributed by atoms with Crippen LogP contribution in [-0.2, 0) is 0 Å². The summed E-state index contributed by atoms with van der Waals surface area (Å²) in [5.74, 6) is 0.587. The van der Waals surface area contributed by atoms with Crippen molar-refractivity contribution in [2.45, 2.75) is 39.3 Å². The topological polar surface area (TPSA) is 32.5 Å². The van der Waals surface area contributed by atoms with Gasteiger partial charge in [-0.05, 0) is 33.7 Å². The Morgan fingerprint density at radius 3 is 2.33 bits per heavy atom. The second kappa shape index (κ2) is 4.81. The zero-order valence-corrected chi connectivity index (χ0v) is 11.0. The summed E-state index contributed by atoms with van der Waals surface area (Å²) in [7, 11) is 2.21. The first-order chi connectivity index (χ1) is 6.83. The highest BCUT2D eigenvalue weighted by atomic mass is 15.3. The molecule has 0 aromatic carbocycles. The highest BCUT2D eigenvalue weighted by Crippen LogP contribution is 2.19. The van der Waals surface area contributed by atoms with Gasteiger partial charge < -0.3 is 5.73 Å². The Morgan fingerprint density at radius 1 is 1.27 bits per heavy atom. The van der Waals surface area contributed by atoms with Gasteiger partial charge in [-0.3, -0.25) is 9.80 Å². The zero-order valence-electron chi connectivity index (χ0n) is 11.0. The van der Waals surface area contributed by atoms with Crippen LogP contribution in [0.2, 0.25) is 0 Å². The maximum absolute atomic E-state index is 5.91. The van der Waals surface area contributed by atoms with Crippen LogP contribution in [0.1, 0.15) is 27.7 Å². The Hall–Kier alpha value is -0.120. The molecule has 0 saturated carbocycles. The molecule has 0 radical (unpaired) electrons. The summed E-state index contributed by atoms with van der Waals surface area (Å²) in [6.07, 6.45) is 0. The van der Waals surface area contributed by atoms with Gasteiger partial charge in [0, 0.05) is 37.8 Å². The summed E-state index contributed by atoms with van der Waals surface area (Å²) in [6, 6.07) is 0.299. The van der Waals surface area contributed by atoms with E-state index in [0.29, 0.717) is 17.5 Å². The lowest BCUT2D eigenvalue weighted by molar-refractivity contribution is 0.0319. The van der Waals surface area contributed by atoms with Gasteiger partial charge in [-0.1, -0.05) is 6.92 Å². The number of hydrogen-bond donors (Lipinski definition) is 1. The summed E-state index contributed by atoms with van der Waals surface area (Å²) < 4.78 is 0. The van der Waals surface area contributed by atoms with Crippen molar-refractivity contribution in [3.8, 4) is 0 Å². The molecule has 90 valence electrons. The van der Waals surface area contributed by atoms with Crippen LogP contribution in [-0.4, -0.2) is 54.6 Å². The lowest BCUT2D eigenvalue weighted by Gasteiger charge is -2.46. The van der Waals surface area contributed by atoms with E-state index in [2.05, 4.69) is 44.5 Å². The van der Waals surface area contributed by atoms with E-state index in [1.54, 1.807) is 0 Å². The van der Waals surface area contributed by atoms with Crippen molar-refractivity contribution < 1.29 is 0 Å². The Kier molecular flexibility index (Phi) is 4.15. The molecule has 0 aliphatic carbocycles. The molecule has 2 unspecified atom stereocenters. The van der Waals surface area contributed by atoms with Gasteiger partial charge in [-0.25, -0.2) is 0 Å². The lowest BCUT2D eigenvalue weighted by Crippen LogP contribution is -2.58. The van der Waals surface area contributed by atoms with E-state index in [-0.39, 0.29) is 0 Å². The van der Waals surface area contributed by atoms with Crippen molar-refractivity contribution in [2.75, 3.05) is 33.2 Å². The second-order valence-electron chi connectivity index (χ2n) is 5.81. The van der Waals surface area contributed by atoms with Crippen molar-refractivity contribution >= 4 is 0 Å². The van der Waals surface area contributed by atoms with Crippen molar-refractivity contribution in [1.82, 2.24) is 9.80 Å². The third-order valence-corrected chi connectivity index (χ3v) is 3.84. The van der Waals surface area contributed by atoms with E-state index < -0.39 is 0 Å². The molecule has 3 heteroatoms. The van der Waals surface area contributed by atoms with Crippen molar-refractivity contribution in [2.24, 2.45) is 11.7 Å². The molecule has 1 saturated heterocycles. The Morgan fingerprint density at radius 2 is 1.87 bits per heavy atom. The Balaban J connectivity index is 2.46. The number of likely N-dealkylation sites (N-methyl/N-ethyl adjacent to an activating group) is 1. The zero-order chi connectivity index (χ0) is 11.6. The molecular formula is C12H27N3. The summed E-state index contributed by atoms with van der Waals surface area (Å²) in [5.41, 5.74) is 6.21. The third kappa shape index (κ3) is 3.44. The first kappa shape index (κ1) is 12.9. The quantitative estimate of drug-likeness (QED) is 0.759. The van der Waals surface area contributed by atoms with E-state index in [4.69, 9.17) is 5.73 Å². The summed E-state index contributed by atoms with van der Waals surface area (Å²) in [5, 5.41) is 0. The lowest BCUT2D eigenvalue weighted by atomic mass is 9.97. The normalized spacial score (nSPS) is 27.6. The van der Waals surface area contributed by atoms with E-state index in [1.165, 1.54) is 13.1 Å². The minimum atomic E-state index is 0.299. The fraction of sp³-hybridized carbons (Fsp3) is 1.00. The minimum Gasteiger partial charge on any atom is -0.328 e. The van der Waals surface area contributed by atoms with Crippen LogP contribution in [0.25, 0.3) is 0 Å². The molecule has 0 amide bonds. The maximum Gasteiger partial charge on any atom is 0.0277 e. The average Bonchev–Trinajstić information content (AvgIpc) is 2.10. The van der Waals surface area contributed by atoms with Gasteiger partial charge in [0.05, 0.1) is 0 Å². The summed E-state index contributed by atoms with van der Waals surface area (Å²) >= 11 is 0. The van der Waals surface area contributed by atoms with Crippen LogP contribution < -0.4 is 5.73 Å². The maximum atomic E-state index is 5.91. The van der Waals surface area contributed by atoms with Crippen molar-refractivity contribution in [3.05, 3.63) is 0 Å². The molecule has 1 aliphatic rings. The summed E-state index contributed by atoms with van der Waals surface area (Å²) in [6.45, 7) is 13.6. The molecule has 0 aromatic heterocycles. The van der Waals surface area contributed by atoms with Gasteiger partial charge in [-0.15, -0.1) is 0 Å². The van der Waals surface area contributed by atoms with Crippen LogP contribution in [0.15, 0.2) is 0 Å². The standard InChI is InChI=1S/C12H27N3/c1-10(11(2)13)8-15-7-6-14(5)12(3,4)9-15/h10-11H,6-9,13H2,1-5H3. The predicted octanol–water partition coefficient (Wildman–Crippen LogP) is 0.996. The fourth-order valence-electron chi connectivity index (χ4n) is 2.07. The highest BCUT2D eigenvalue weighted by molar-refractivity contribution is 4.88. The number of nitrogens with zero attached hydrogens (tertiary/aromatic N) is 2. The van der Waals surface area contributed by atoms with E-state index in [1.807, 2.05) is 0 Å². The molecule has 2 atom stereocenters. The Bertz CT molecular complexity index is 201. The molecule has 1 heterocycles. The monoisotopic (exact) mass is 213 g/mol. The van der Waals surface area contributed by atoms with Gasteiger partial charge >= 0.3 is 0 Å². The largest absolute Gasteiger partial charge is 0.328 e. The smallest absolute Gasteiger partial charge is 0.0277 e. The van der Waals surface area contributed by atoms with E-state index in [0.717, 1.165) is 13.1 Å². The van der Waals surface area contributed by atoms with Crippen LogP contribution in [0.4, 0.5) is 0 Å². The Labute approximate surface area is 94.6 Å². The molecule has 0 bridgehead atoms. The molecule has 2 N–H and O–H groups in total. The highest BCUT2D eigenvalue weighted by Gasteiger charge is 2.31. The van der Waals surface area contributed by atoms with Crippen LogP contribution in [0.3, 0.4) is 0 Å². The average molecular weight is 213 g/mol. The van der Waals surface area contributed by atoms with Gasteiger partial charge in [0.2, 0.25) is 0 Å². The van der Waals surface area contributed by atoms with Gasteiger partial charge in [0.25, 0.3) is 0 Å². The van der Waals surface area contributed by atoms with Crippen LogP contribution in [0.5, 0.6) is 0 Å². The van der Waals surface area contributed by atoms with Crippen molar-refractivity contribution in [3.63, 3.8) is 0 Å². The van der Waals surface area contributed by atoms with Crippen LogP contribution >= 0.6 is 0 Å². The molecule has 1 rings (SSSR count). The van der Waals surface area contributed by atoms with Gasteiger partial charge in [0.1, 0.15) is 0 Å². The molecule has 1 aliphatic heterocycles. The van der Waals surface area contributed by atoms with Crippen molar-refractivity contribution in [1.29, 1.82) is 0 Å². The number of hydrogen-bond acceptors (Lipinski definition) is 3. The molecule has 1 fully saturated rings. The predicted molar refractivity (Wildman–Crippen MR) is 66.0 cm³/mol. The number of piperazine rings is 1. The number of rotatable bonds is 3. The fourth-order valence-corrected chi connectivity index (χ4v) is 2.07. The van der Waals surface area contributed by atoms with Gasteiger partial charge in [-0.2, -0.15) is 0 Å². The third-order valence-electron chi connectivity index (χ3n) is 3.84. The molecular weight excluding hydrogens is 186 g/mol. The first-order valence-electron chi connectivity index (χ1n) is 6.02. The first-order valence-corrected chi connectivity index (χ1v) is 6.02. The second-order valence-corrected chi connectivity index (χ2v) is 5.81.